The summed E-state index contributed by atoms with van der Waals surface area (Å²) in [6.07, 6.45) is 1.97. The highest BCUT2D eigenvalue weighted by atomic mass is 35.5. The zero-order valence-electron chi connectivity index (χ0n) is 8.64. The van der Waals surface area contributed by atoms with Crippen molar-refractivity contribution in [3.63, 3.8) is 0 Å². The van der Waals surface area contributed by atoms with E-state index in [0.717, 1.165) is 17.1 Å². The first-order chi connectivity index (χ1) is 6.66. The number of phenols is 1. The molecule has 0 aliphatic carbocycles. The van der Waals surface area contributed by atoms with E-state index in [1.165, 1.54) is 0 Å². The number of nitrogens with zero attached hydrogens (tertiary/aromatic N) is 2. The molecule has 0 amide bonds. The number of hydrogen-bond donors (Lipinski definition) is 1. The van der Waals surface area contributed by atoms with Crippen LogP contribution in [0.25, 0.3) is 11.3 Å². The van der Waals surface area contributed by atoms with Crippen LogP contribution < -0.4 is 0 Å². The molecule has 2 aromatic rings. The normalized spacial score (nSPS) is 9.73. The van der Waals surface area contributed by atoms with Crippen LogP contribution in [0.2, 0.25) is 0 Å². The van der Waals surface area contributed by atoms with Crippen LogP contribution in [0.4, 0.5) is 0 Å². The number of rotatable bonds is 1. The molecular formula is C11H13ClN2O. The zero-order valence-corrected chi connectivity index (χ0v) is 9.45. The van der Waals surface area contributed by atoms with Gasteiger partial charge in [0.25, 0.3) is 0 Å². The van der Waals surface area contributed by atoms with Crippen LogP contribution in [-0.4, -0.2) is 14.7 Å². The van der Waals surface area contributed by atoms with Gasteiger partial charge < -0.3 is 9.67 Å². The van der Waals surface area contributed by atoms with Crippen LogP contribution in [0, 0.1) is 6.92 Å². The van der Waals surface area contributed by atoms with E-state index in [-0.39, 0.29) is 18.2 Å². The Kier molecular flexibility index (Phi) is 3.37. The van der Waals surface area contributed by atoms with Crippen molar-refractivity contribution in [1.29, 1.82) is 0 Å². The molecule has 3 nitrogen and oxygen atoms in total. The summed E-state index contributed by atoms with van der Waals surface area (Å²) in [4.78, 5) is 4.39. The molecule has 1 aromatic carbocycles. The number of aryl methyl sites for hydroxylation is 2. The van der Waals surface area contributed by atoms with Crippen LogP contribution in [0.1, 0.15) is 5.82 Å². The predicted octanol–water partition coefficient (Wildman–Crippen LogP) is 2.52. The molecule has 0 aliphatic rings. The smallest absolute Gasteiger partial charge is 0.115 e. The third-order valence-electron chi connectivity index (χ3n) is 2.27. The average Bonchev–Trinajstić information content (AvgIpc) is 2.48. The summed E-state index contributed by atoms with van der Waals surface area (Å²) in [6, 6.07) is 7.05. The first kappa shape index (κ1) is 11.6. The molecule has 15 heavy (non-hydrogen) atoms. The van der Waals surface area contributed by atoms with Gasteiger partial charge in [-0.2, -0.15) is 0 Å². The summed E-state index contributed by atoms with van der Waals surface area (Å²) in [6.45, 7) is 1.96. The Balaban J connectivity index is 0.00000112. The van der Waals surface area contributed by atoms with Crippen molar-refractivity contribution in [3.8, 4) is 17.0 Å². The summed E-state index contributed by atoms with van der Waals surface area (Å²) in [5.74, 6) is 1.26. The quantitative estimate of drug-likeness (QED) is 0.809. The summed E-state index contributed by atoms with van der Waals surface area (Å²) in [5, 5.41) is 9.14. The third kappa shape index (κ3) is 2.30. The minimum atomic E-state index is 0. The Bertz CT molecular complexity index is 429. The molecule has 0 aliphatic heterocycles. The Morgan fingerprint density at radius 3 is 2.27 bits per heavy atom. The van der Waals surface area contributed by atoms with Crippen LogP contribution in [0.15, 0.2) is 30.5 Å². The molecule has 0 bridgehead atoms. The number of aromatic hydroxyl groups is 1. The lowest BCUT2D eigenvalue weighted by molar-refractivity contribution is 0.475. The van der Waals surface area contributed by atoms with Crippen LogP contribution in [-0.2, 0) is 7.05 Å². The van der Waals surface area contributed by atoms with Crippen molar-refractivity contribution in [2.45, 2.75) is 6.92 Å². The highest BCUT2D eigenvalue weighted by Crippen LogP contribution is 2.20. The second kappa shape index (κ2) is 4.36. The molecule has 1 aromatic heterocycles. The Hall–Kier alpha value is -1.48. The number of hydrogen-bond acceptors (Lipinski definition) is 2. The summed E-state index contributed by atoms with van der Waals surface area (Å²) in [5.41, 5.74) is 1.96. The number of imidazole rings is 1. The highest BCUT2D eigenvalue weighted by molar-refractivity contribution is 5.85. The lowest BCUT2D eigenvalue weighted by Crippen LogP contribution is -1.86. The zero-order chi connectivity index (χ0) is 10.1. The van der Waals surface area contributed by atoms with E-state index >= 15 is 0 Å². The van der Waals surface area contributed by atoms with E-state index in [4.69, 9.17) is 5.11 Å². The molecule has 0 unspecified atom stereocenters. The highest BCUT2D eigenvalue weighted by Gasteiger charge is 2.03. The lowest BCUT2D eigenvalue weighted by Gasteiger charge is -1.95. The number of phenolic OH excluding ortho intramolecular Hbond substituents is 1. The van der Waals surface area contributed by atoms with Crippen molar-refractivity contribution in [2.75, 3.05) is 0 Å². The Labute approximate surface area is 94.8 Å². The molecule has 1 N–H and O–H groups in total. The molecule has 0 saturated heterocycles. The maximum atomic E-state index is 9.14. The van der Waals surface area contributed by atoms with Crippen molar-refractivity contribution < 1.29 is 5.11 Å². The lowest BCUT2D eigenvalue weighted by atomic mass is 10.2. The molecule has 0 saturated carbocycles. The second-order valence-corrected chi connectivity index (χ2v) is 3.33. The predicted molar refractivity (Wildman–Crippen MR) is 62.3 cm³/mol. The van der Waals surface area contributed by atoms with Gasteiger partial charge in [-0.15, -0.1) is 12.4 Å². The van der Waals surface area contributed by atoms with Crippen molar-refractivity contribution >= 4 is 12.4 Å². The van der Waals surface area contributed by atoms with E-state index in [1.54, 1.807) is 12.1 Å². The third-order valence-corrected chi connectivity index (χ3v) is 2.27. The van der Waals surface area contributed by atoms with Crippen LogP contribution >= 0.6 is 12.4 Å². The molecule has 4 heteroatoms. The summed E-state index contributed by atoms with van der Waals surface area (Å²) < 4.78 is 1.97. The molecule has 0 radical (unpaired) electrons. The van der Waals surface area contributed by atoms with Gasteiger partial charge >= 0.3 is 0 Å². The van der Waals surface area contributed by atoms with Crippen molar-refractivity contribution in [1.82, 2.24) is 9.55 Å². The fourth-order valence-corrected chi connectivity index (χ4v) is 1.33. The molecule has 1 heterocycles. The molecule has 0 fully saturated rings. The molecule has 0 atom stereocenters. The Morgan fingerprint density at radius 2 is 1.80 bits per heavy atom. The SMILES string of the molecule is Cc1nc(-c2ccc(O)cc2)cn1C.Cl. The summed E-state index contributed by atoms with van der Waals surface area (Å²) >= 11 is 0. The van der Waals surface area contributed by atoms with Gasteiger partial charge in [-0.1, -0.05) is 0 Å². The maximum absolute atomic E-state index is 9.14. The van der Waals surface area contributed by atoms with Crippen molar-refractivity contribution in [2.24, 2.45) is 7.05 Å². The van der Waals surface area contributed by atoms with Crippen LogP contribution in [0.3, 0.4) is 0 Å². The van der Waals surface area contributed by atoms with Gasteiger partial charge in [-0.3, -0.25) is 0 Å². The van der Waals surface area contributed by atoms with E-state index in [9.17, 15) is 0 Å². The largest absolute Gasteiger partial charge is 0.508 e. The van der Waals surface area contributed by atoms with Gasteiger partial charge in [0.15, 0.2) is 0 Å². The molecule has 80 valence electrons. The minimum absolute atomic E-state index is 0. The van der Waals surface area contributed by atoms with Gasteiger partial charge in [0.2, 0.25) is 0 Å². The number of benzene rings is 1. The first-order valence-electron chi connectivity index (χ1n) is 4.46. The van der Waals surface area contributed by atoms with Gasteiger partial charge in [0, 0.05) is 18.8 Å². The fourth-order valence-electron chi connectivity index (χ4n) is 1.33. The average molecular weight is 225 g/mol. The van der Waals surface area contributed by atoms with Gasteiger partial charge in [0.05, 0.1) is 5.69 Å². The first-order valence-corrected chi connectivity index (χ1v) is 4.46. The number of halogens is 1. The monoisotopic (exact) mass is 224 g/mol. The minimum Gasteiger partial charge on any atom is -0.508 e. The fraction of sp³-hybridized carbons (Fsp3) is 0.182. The topological polar surface area (TPSA) is 38.1 Å². The van der Waals surface area contributed by atoms with E-state index < -0.39 is 0 Å². The van der Waals surface area contributed by atoms with E-state index in [0.29, 0.717) is 0 Å². The van der Waals surface area contributed by atoms with E-state index in [2.05, 4.69) is 4.98 Å². The standard InChI is InChI=1S/C11H12N2O.ClH/c1-8-12-11(7-13(8)2)9-3-5-10(14)6-4-9;/h3-7,14H,1-2H3;1H. The van der Waals surface area contributed by atoms with E-state index in [1.807, 2.05) is 36.9 Å². The maximum Gasteiger partial charge on any atom is 0.115 e. The molecular weight excluding hydrogens is 212 g/mol. The second-order valence-electron chi connectivity index (χ2n) is 3.33. The number of aromatic nitrogens is 2. The van der Waals surface area contributed by atoms with Crippen molar-refractivity contribution in [3.05, 3.63) is 36.3 Å². The van der Waals surface area contributed by atoms with Gasteiger partial charge in [-0.25, -0.2) is 4.98 Å². The Morgan fingerprint density at radius 1 is 1.20 bits per heavy atom. The molecule has 0 spiro atoms. The molecule has 2 rings (SSSR count). The summed E-state index contributed by atoms with van der Waals surface area (Å²) in [7, 11) is 1.96. The van der Waals surface area contributed by atoms with Gasteiger partial charge in [0.1, 0.15) is 11.6 Å². The van der Waals surface area contributed by atoms with Crippen LogP contribution in [0.5, 0.6) is 5.75 Å². The van der Waals surface area contributed by atoms with Gasteiger partial charge in [-0.05, 0) is 31.2 Å².